The van der Waals surface area contributed by atoms with Crippen molar-refractivity contribution in [3.05, 3.63) is 165 Å². The van der Waals surface area contributed by atoms with Gasteiger partial charge in [-0.15, -0.1) is 0 Å². The summed E-state index contributed by atoms with van der Waals surface area (Å²) in [5.74, 6) is 1.07. The van der Waals surface area contributed by atoms with Crippen LogP contribution in [0.15, 0.2) is 165 Å². The van der Waals surface area contributed by atoms with Crippen LogP contribution in [0, 0.1) is 0 Å². The third-order valence-electron chi connectivity index (χ3n) is 10.2. The van der Waals surface area contributed by atoms with E-state index in [4.69, 9.17) is 0 Å². The third kappa shape index (κ3) is 3.85. The quantitative estimate of drug-likeness (QED) is 0.187. The second-order valence-electron chi connectivity index (χ2n) is 12.9. The molecule has 6 heterocycles. The Bertz CT molecular complexity index is 2760. The number of hydrogen-bond acceptors (Lipinski definition) is 6. The van der Waals surface area contributed by atoms with Crippen molar-refractivity contribution in [2.45, 2.75) is 0 Å². The van der Waals surface area contributed by atoms with Gasteiger partial charge in [0.25, 0.3) is 6.71 Å². The molecule has 0 bridgehead atoms. The maximum absolute atomic E-state index is 4.53. The molecule has 4 aromatic heterocycles. The number of hydrogen-bond donors (Lipinski definition) is 0. The molecule has 0 spiro atoms. The minimum atomic E-state index is -0.148. The van der Waals surface area contributed by atoms with Gasteiger partial charge in [-0.25, -0.2) is 19.9 Å². The predicted octanol–water partition coefficient (Wildman–Crippen LogP) is 7.24. The van der Waals surface area contributed by atoms with E-state index in [9.17, 15) is 0 Å². The highest BCUT2D eigenvalue weighted by Gasteiger charge is 2.49. The highest BCUT2D eigenvalue weighted by Crippen LogP contribution is 2.48. The fraction of sp³-hybridized carbons (Fsp3) is 0. The number of nitrogens with zero attached hydrogens (tertiary/aromatic N) is 8. The SMILES string of the molecule is c1ccc(-n2c3c(c4ccccc42)N(c2cncnc2)c2cccc4c2B3c2c(n(-c3ccccc3)c3ccccc23)N4c2cncnc2)cc1. The average Bonchev–Trinajstić information content (AvgIpc) is 3.73. The highest BCUT2D eigenvalue weighted by atomic mass is 15.3. The largest absolute Gasteiger partial charge is 0.319 e. The number of rotatable bonds is 4. The van der Waals surface area contributed by atoms with Gasteiger partial charge in [0.15, 0.2) is 0 Å². The van der Waals surface area contributed by atoms with E-state index in [1.54, 1.807) is 12.7 Å². The summed E-state index contributed by atoms with van der Waals surface area (Å²) in [6.07, 6.45) is 10.8. The van der Waals surface area contributed by atoms with Crippen LogP contribution in [-0.2, 0) is 0 Å². The molecular formula is C42H27BN8. The summed E-state index contributed by atoms with van der Waals surface area (Å²) in [6.45, 7) is -0.148. The molecule has 9 heteroatoms. The van der Waals surface area contributed by atoms with Crippen molar-refractivity contribution in [1.82, 2.24) is 29.1 Å². The van der Waals surface area contributed by atoms with E-state index in [1.165, 1.54) is 21.9 Å². The molecule has 238 valence electrons. The molecule has 51 heavy (non-hydrogen) atoms. The first kappa shape index (κ1) is 27.9. The van der Waals surface area contributed by atoms with Crippen LogP contribution in [0.5, 0.6) is 0 Å². The molecule has 5 aromatic carbocycles. The Morgan fingerprint density at radius 1 is 0.412 bits per heavy atom. The second kappa shape index (κ2) is 10.8. The Kier molecular flexibility index (Phi) is 5.88. The number of para-hydroxylation sites is 4. The number of benzene rings is 5. The molecule has 11 rings (SSSR count). The van der Waals surface area contributed by atoms with Crippen LogP contribution in [0.3, 0.4) is 0 Å². The van der Waals surface area contributed by atoms with Crippen LogP contribution in [0.2, 0.25) is 0 Å². The number of anilines is 6. The molecule has 0 amide bonds. The lowest BCUT2D eigenvalue weighted by Crippen LogP contribution is -2.62. The molecule has 8 nitrogen and oxygen atoms in total. The smallest absolute Gasteiger partial charge is 0.276 e. The van der Waals surface area contributed by atoms with Gasteiger partial charge in [-0.1, -0.05) is 78.9 Å². The van der Waals surface area contributed by atoms with E-state index in [0.29, 0.717) is 0 Å². The lowest BCUT2D eigenvalue weighted by molar-refractivity contribution is 1.05. The third-order valence-corrected chi connectivity index (χ3v) is 10.2. The standard InChI is InChI=1S/C42H27BN8/c1-3-12-28(13-4-1)49-35-19-10-8-17-33(35)40-41(49)43-38-32-16-7-9-18-34(32)50(29-14-5-2-6-15-29)42(38)51(31-24-46-27-47-25-31)37-21-11-20-36(39(37)43)48(40)30-22-44-26-45-23-30/h1-27H. The van der Waals surface area contributed by atoms with Crippen LogP contribution < -0.4 is 26.3 Å². The van der Waals surface area contributed by atoms with Gasteiger partial charge in [-0.2, -0.15) is 0 Å². The fourth-order valence-corrected chi connectivity index (χ4v) is 8.42. The van der Waals surface area contributed by atoms with E-state index in [1.807, 2.05) is 24.8 Å². The van der Waals surface area contributed by atoms with E-state index in [0.717, 1.165) is 62.0 Å². The Hall–Kier alpha value is -7.00. The summed E-state index contributed by atoms with van der Waals surface area (Å²) >= 11 is 0. The Labute approximate surface area is 293 Å². The number of aromatic nitrogens is 6. The van der Waals surface area contributed by atoms with Gasteiger partial charge in [0, 0.05) is 33.7 Å². The van der Waals surface area contributed by atoms with Crippen LogP contribution in [0.4, 0.5) is 34.3 Å². The zero-order valence-electron chi connectivity index (χ0n) is 27.2. The Morgan fingerprint density at radius 3 is 1.57 bits per heavy atom. The topological polar surface area (TPSA) is 67.9 Å². The molecule has 0 N–H and O–H groups in total. The van der Waals surface area contributed by atoms with Crippen molar-refractivity contribution in [1.29, 1.82) is 0 Å². The molecular weight excluding hydrogens is 627 g/mol. The molecule has 0 saturated carbocycles. The van der Waals surface area contributed by atoms with Gasteiger partial charge in [0.05, 0.1) is 52.9 Å². The second-order valence-corrected chi connectivity index (χ2v) is 12.9. The van der Waals surface area contributed by atoms with E-state index >= 15 is 0 Å². The monoisotopic (exact) mass is 654 g/mol. The molecule has 0 saturated heterocycles. The zero-order valence-corrected chi connectivity index (χ0v) is 27.2. The number of fused-ring (bicyclic) bond motifs is 8. The minimum Gasteiger partial charge on any atom is -0.319 e. The lowest BCUT2D eigenvalue weighted by Gasteiger charge is -2.42. The van der Waals surface area contributed by atoms with Crippen molar-refractivity contribution < 1.29 is 0 Å². The van der Waals surface area contributed by atoms with Gasteiger partial charge in [-0.3, -0.25) is 9.47 Å². The Morgan fingerprint density at radius 2 is 0.922 bits per heavy atom. The molecule has 9 aromatic rings. The van der Waals surface area contributed by atoms with Crippen LogP contribution in [0.1, 0.15) is 0 Å². The van der Waals surface area contributed by atoms with Crippen molar-refractivity contribution in [3.63, 3.8) is 0 Å². The van der Waals surface area contributed by atoms with E-state index < -0.39 is 0 Å². The molecule has 0 aliphatic carbocycles. The maximum Gasteiger partial charge on any atom is 0.276 e. The van der Waals surface area contributed by atoms with Crippen molar-refractivity contribution >= 4 is 79.3 Å². The summed E-state index contributed by atoms with van der Waals surface area (Å²) in [4.78, 5) is 22.8. The zero-order chi connectivity index (χ0) is 33.5. The van der Waals surface area contributed by atoms with Crippen LogP contribution >= 0.6 is 0 Å². The first-order chi connectivity index (χ1) is 25.4. The summed E-state index contributed by atoms with van der Waals surface area (Å²) in [7, 11) is 0. The first-order valence-corrected chi connectivity index (χ1v) is 17.0. The average molecular weight is 655 g/mol. The molecule has 0 atom stereocenters. The normalized spacial score (nSPS) is 13.0. The summed E-state index contributed by atoms with van der Waals surface area (Å²) in [5.41, 5.74) is 13.1. The van der Waals surface area contributed by atoms with E-state index in [-0.39, 0.29) is 6.71 Å². The summed E-state index contributed by atoms with van der Waals surface area (Å²) < 4.78 is 4.87. The van der Waals surface area contributed by atoms with Gasteiger partial charge in [0.1, 0.15) is 18.5 Å². The van der Waals surface area contributed by atoms with Crippen molar-refractivity contribution in [2.75, 3.05) is 9.80 Å². The van der Waals surface area contributed by atoms with Gasteiger partial charge >= 0.3 is 0 Å². The summed E-state index contributed by atoms with van der Waals surface area (Å²) in [6, 6.07) is 45.5. The van der Waals surface area contributed by atoms with Crippen molar-refractivity contribution in [2.24, 2.45) is 0 Å². The summed E-state index contributed by atoms with van der Waals surface area (Å²) in [5, 5.41) is 2.35. The molecule has 0 radical (unpaired) electrons. The molecule has 0 fully saturated rings. The van der Waals surface area contributed by atoms with Gasteiger partial charge in [-0.05, 0) is 64.8 Å². The fourth-order valence-electron chi connectivity index (χ4n) is 8.42. The molecule has 0 unspecified atom stereocenters. The van der Waals surface area contributed by atoms with Crippen LogP contribution in [-0.4, -0.2) is 35.8 Å². The first-order valence-electron chi connectivity index (χ1n) is 17.0. The Balaban J connectivity index is 1.37. The van der Waals surface area contributed by atoms with E-state index in [2.05, 4.69) is 166 Å². The van der Waals surface area contributed by atoms with Crippen molar-refractivity contribution in [3.8, 4) is 11.4 Å². The maximum atomic E-state index is 4.53. The lowest BCUT2D eigenvalue weighted by atomic mass is 9.35. The van der Waals surface area contributed by atoms with Gasteiger partial charge < -0.3 is 9.47 Å². The minimum absolute atomic E-state index is 0.148. The highest BCUT2D eigenvalue weighted by molar-refractivity contribution is 7.01. The predicted molar refractivity (Wildman–Crippen MR) is 205 cm³/mol. The van der Waals surface area contributed by atoms with Crippen LogP contribution in [0.25, 0.3) is 33.2 Å². The van der Waals surface area contributed by atoms with Gasteiger partial charge in [0.2, 0.25) is 0 Å². The molecule has 2 aliphatic rings. The molecule has 2 aliphatic heterocycles.